The van der Waals surface area contributed by atoms with Crippen LogP contribution in [-0.4, -0.2) is 43.5 Å². The molecule has 0 aliphatic carbocycles. The Kier molecular flexibility index (Phi) is 6.85. The maximum absolute atomic E-state index is 12.2. The van der Waals surface area contributed by atoms with Crippen molar-refractivity contribution in [1.82, 2.24) is 0 Å². The van der Waals surface area contributed by atoms with Crippen LogP contribution in [0, 0.1) is 17.0 Å². The predicted octanol–water partition coefficient (Wildman–Crippen LogP) is 2.53. The number of hydrogen-bond acceptors (Lipinski definition) is 8. The lowest BCUT2D eigenvalue weighted by molar-refractivity contribution is -0.385. The number of aryl methyl sites for hydroxylation is 1. The minimum absolute atomic E-state index is 0.104. The zero-order valence-corrected chi connectivity index (χ0v) is 16.0. The molecule has 10 heteroatoms. The van der Waals surface area contributed by atoms with Gasteiger partial charge in [-0.1, -0.05) is 6.07 Å². The summed E-state index contributed by atoms with van der Waals surface area (Å²) in [6.07, 6.45) is 0. The van der Waals surface area contributed by atoms with Crippen LogP contribution < -0.4 is 10.6 Å². The molecule has 2 aromatic rings. The molecule has 2 aromatic carbocycles. The summed E-state index contributed by atoms with van der Waals surface area (Å²) in [6.45, 7) is 1.38. The average Bonchev–Trinajstić information content (AvgIpc) is 2.71. The number of esters is 2. The quantitative estimate of drug-likeness (QED) is 0.410. The summed E-state index contributed by atoms with van der Waals surface area (Å²) in [5.41, 5.74) is 1.16. The SMILES string of the molecule is COC(=O)c1cc(NCC(=O)Nc2ccc(C)c([N+](=O)[O-])c2)cc(C(=O)OC)c1. The van der Waals surface area contributed by atoms with E-state index in [1.807, 2.05) is 0 Å². The predicted molar refractivity (Wildman–Crippen MR) is 104 cm³/mol. The minimum atomic E-state index is -0.657. The summed E-state index contributed by atoms with van der Waals surface area (Å²) < 4.78 is 9.30. The Morgan fingerprint density at radius 1 is 0.966 bits per heavy atom. The van der Waals surface area contributed by atoms with Crippen LogP contribution in [0.4, 0.5) is 17.1 Å². The van der Waals surface area contributed by atoms with Crippen LogP contribution in [0.15, 0.2) is 36.4 Å². The molecular formula is C19H19N3O7. The van der Waals surface area contributed by atoms with E-state index in [2.05, 4.69) is 20.1 Å². The fourth-order valence-electron chi connectivity index (χ4n) is 2.47. The van der Waals surface area contributed by atoms with Crippen molar-refractivity contribution in [3.8, 4) is 0 Å². The summed E-state index contributed by atoms with van der Waals surface area (Å²) in [6, 6.07) is 8.50. The van der Waals surface area contributed by atoms with Gasteiger partial charge in [-0.3, -0.25) is 14.9 Å². The number of ether oxygens (including phenoxy) is 2. The third-order valence-corrected chi connectivity index (χ3v) is 3.92. The molecule has 0 aliphatic heterocycles. The van der Waals surface area contributed by atoms with Gasteiger partial charge in [-0.15, -0.1) is 0 Å². The van der Waals surface area contributed by atoms with Gasteiger partial charge in [-0.05, 0) is 31.2 Å². The number of methoxy groups -OCH3 is 2. The van der Waals surface area contributed by atoms with Gasteiger partial charge in [0.15, 0.2) is 0 Å². The molecule has 0 fully saturated rings. The van der Waals surface area contributed by atoms with Crippen molar-refractivity contribution >= 4 is 34.9 Å². The van der Waals surface area contributed by atoms with Crippen LogP contribution >= 0.6 is 0 Å². The Balaban J connectivity index is 2.13. The number of nitrogens with zero attached hydrogens (tertiary/aromatic N) is 1. The topological polar surface area (TPSA) is 137 Å². The van der Waals surface area contributed by atoms with E-state index in [4.69, 9.17) is 0 Å². The standard InChI is InChI=1S/C19H19N3O7/c1-11-4-5-14(9-16(11)22(26)27)21-17(23)10-20-15-7-12(18(24)28-2)6-13(8-15)19(25)29-3/h4-9,20H,10H2,1-3H3,(H,21,23). The lowest BCUT2D eigenvalue weighted by atomic mass is 10.1. The van der Waals surface area contributed by atoms with E-state index in [1.54, 1.807) is 13.0 Å². The van der Waals surface area contributed by atoms with Crippen molar-refractivity contribution in [3.63, 3.8) is 0 Å². The first-order valence-corrected chi connectivity index (χ1v) is 8.35. The smallest absolute Gasteiger partial charge is 0.337 e. The number of nitro groups is 1. The Hall–Kier alpha value is -3.95. The van der Waals surface area contributed by atoms with Gasteiger partial charge in [0.05, 0.1) is 36.8 Å². The number of nitrogens with one attached hydrogen (secondary N) is 2. The average molecular weight is 401 g/mol. The second-order valence-corrected chi connectivity index (χ2v) is 5.94. The summed E-state index contributed by atoms with van der Waals surface area (Å²) >= 11 is 0. The molecular weight excluding hydrogens is 382 g/mol. The van der Waals surface area contributed by atoms with Crippen LogP contribution in [0.25, 0.3) is 0 Å². The number of rotatable bonds is 7. The highest BCUT2D eigenvalue weighted by molar-refractivity contribution is 5.98. The number of nitro benzene ring substituents is 1. The molecule has 0 bridgehead atoms. The molecule has 0 saturated carbocycles. The lowest BCUT2D eigenvalue weighted by Crippen LogP contribution is -2.22. The number of carbonyl (C=O) groups excluding carboxylic acids is 3. The van der Waals surface area contributed by atoms with Gasteiger partial charge in [0, 0.05) is 23.0 Å². The first kappa shape index (κ1) is 21.4. The molecule has 0 aliphatic rings. The van der Waals surface area contributed by atoms with Gasteiger partial charge < -0.3 is 20.1 Å². The van der Waals surface area contributed by atoms with Gasteiger partial charge in [0.1, 0.15) is 0 Å². The van der Waals surface area contributed by atoms with Gasteiger partial charge >= 0.3 is 11.9 Å². The number of carbonyl (C=O) groups is 3. The van der Waals surface area contributed by atoms with E-state index in [0.29, 0.717) is 11.3 Å². The van der Waals surface area contributed by atoms with Gasteiger partial charge in [-0.2, -0.15) is 0 Å². The molecule has 0 spiro atoms. The number of benzene rings is 2. The molecule has 0 radical (unpaired) electrons. The Bertz CT molecular complexity index is 938. The Morgan fingerprint density at radius 3 is 2.07 bits per heavy atom. The first-order chi connectivity index (χ1) is 13.7. The van der Waals surface area contributed by atoms with Gasteiger partial charge in [-0.25, -0.2) is 9.59 Å². The second kappa shape index (κ2) is 9.31. The van der Waals surface area contributed by atoms with E-state index in [0.717, 1.165) is 0 Å². The molecule has 0 atom stereocenters. The zero-order valence-electron chi connectivity index (χ0n) is 16.0. The molecule has 1 amide bonds. The maximum atomic E-state index is 12.2. The van der Waals surface area contributed by atoms with Crippen LogP contribution in [-0.2, 0) is 14.3 Å². The van der Waals surface area contributed by atoms with E-state index >= 15 is 0 Å². The van der Waals surface area contributed by atoms with Crippen molar-refractivity contribution in [2.75, 3.05) is 31.4 Å². The fraction of sp³-hybridized carbons (Fsp3) is 0.211. The second-order valence-electron chi connectivity index (χ2n) is 5.94. The van der Waals surface area contributed by atoms with Gasteiger partial charge in [0.2, 0.25) is 5.91 Å². The molecule has 29 heavy (non-hydrogen) atoms. The summed E-state index contributed by atoms with van der Waals surface area (Å²) in [4.78, 5) is 46.2. The normalized spacial score (nSPS) is 10.0. The summed E-state index contributed by atoms with van der Waals surface area (Å²) in [5.74, 6) is -1.79. The van der Waals surface area contributed by atoms with E-state index in [-0.39, 0.29) is 29.0 Å². The Morgan fingerprint density at radius 2 is 1.55 bits per heavy atom. The van der Waals surface area contributed by atoms with Crippen LogP contribution in [0.5, 0.6) is 0 Å². The maximum Gasteiger partial charge on any atom is 0.337 e. The molecule has 0 aromatic heterocycles. The van der Waals surface area contributed by atoms with Crippen molar-refractivity contribution in [2.45, 2.75) is 6.92 Å². The van der Waals surface area contributed by atoms with Crippen molar-refractivity contribution < 1.29 is 28.8 Å². The molecule has 2 rings (SSSR count). The largest absolute Gasteiger partial charge is 0.465 e. The molecule has 152 valence electrons. The van der Waals surface area contributed by atoms with Crippen molar-refractivity contribution in [2.24, 2.45) is 0 Å². The number of amides is 1. The highest BCUT2D eigenvalue weighted by atomic mass is 16.6. The summed E-state index contributed by atoms with van der Waals surface area (Å²) in [5, 5.41) is 16.3. The minimum Gasteiger partial charge on any atom is -0.465 e. The van der Waals surface area contributed by atoms with Crippen molar-refractivity contribution in [1.29, 1.82) is 0 Å². The molecule has 0 unspecified atom stereocenters. The van der Waals surface area contributed by atoms with Crippen LogP contribution in [0.1, 0.15) is 26.3 Å². The van der Waals surface area contributed by atoms with Crippen LogP contribution in [0.3, 0.4) is 0 Å². The van der Waals surface area contributed by atoms with E-state index in [1.165, 1.54) is 44.6 Å². The zero-order chi connectivity index (χ0) is 21.6. The Labute approximate surface area is 166 Å². The molecule has 0 heterocycles. The third-order valence-electron chi connectivity index (χ3n) is 3.92. The number of hydrogen-bond donors (Lipinski definition) is 2. The molecule has 10 nitrogen and oxygen atoms in total. The lowest BCUT2D eigenvalue weighted by Gasteiger charge is -2.11. The third kappa shape index (κ3) is 5.51. The highest BCUT2D eigenvalue weighted by Gasteiger charge is 2.15. The van der Waals surface area contributed by atoms with E-state index < -0.39 is 22.8 Å². The van der Waals surface area contributed by atoms with Crippen LogP contribution in [0.2, 0.25) is 0 Å². The van der Waals surface area contributed by atoms with Gasteiger partial charge in [0.25, 0.3) is 5.69 Å². The summed E-state index contributed by atoms with van der Waals surface area (Å²) in [7, 11) is 2.41. The van der Waals surface area contributed by atoms with Crippen molar-refractivity contribution in [3.05, 3.63) is 63.2 Å². The van der Waals surface area contributed by atoms with E-state index in [9.17, 15) is 24.5 Å². The highest BCUT2D eigenvalue weighted by Crippen LogP contribution is 2.22. The fourth-order valence-corrected chi connectivity index (χ4v) is 2.47. The number of anilines is 2. The first-order valence-electron chi connectivity index (χ1n) is 8.35. The molecule has 2 N–H and O–H groups in total. The monoisotopic (exact) mass is 401 g/mol. The molecule has 0 saturated heterocycles.